The maximum absolute atomic E-state index is 13.0. The third-order valence-corrected chi connectivity index (χ3v) is 5.27. The van der Waals surface area contributed by atoms with Crippen LogP contribution in [0.3, 0.4) is 0 Å². The lowest BCUT2D eigenvalue weighted by atomic mass is 10.1. The molecule has 186 valence electrons. The lowest BCUT2D eigenvalue weighted by molar-refractivity contribution is -0.384. The van der Waals surface area contributed by atoms with Crippen molar-refractivity contribution < 1.29 is 28.8 Å². The molecule has 0 spiro atoms. The molecule has 0 aliphatic carbocycles. The van der Waals surface area contributed by atoms with Crippen molar-refractivity contribution in [2.75, 3.05) is 16.8 Å². The molecule has 5 amide bonds. The number of nitrogens with one attached hydrogen (secondary N) is 2. The summed E-state index contributed by atoms with van der Waals surface area (Å²) in [4.78, 5) is 61.1. The summed E-state index contributed by atoms with van der Waals surface area (Å²) in [6, 6.07) is 17.5. The van der Waals surface area contributed by atoms with Crippen LogP contribution >= 0.6 is 0 Å². The van der Waals surface area contributed by atoms with Crippen LogP contribution in [0.2, 0.25) is 0 Å². The Labute approximate surface area is 210 Å². The largest absolute Gasteiger partial charge is 0.484 e. The fourth-order valence-electron chi connectivity index (χ4n) is 3.48. The van der Waals surface area contributed by atoms with Crippen LogP contribution in [0.15, 0.2) is 78.4 Å². The summed E-state index contributed by atoms with van der Waals surface area (Å²) in [5, 5.41) is 15.9. The number of nitrogens with zero attached hydrogens (tertiary/aromatic N) is 2. The van der Waals surface area contributed by atoms with Crippen molar-refractivity contribution in [2.45, 2.75) is 6.92 Å². The maximum Gasteiger partial charge on any atom is 0.335 e. The lowest BCUT2D eigenvalue weighted by Crippen LogP contribution is -2.54. The second-order valence-corrected chi connectivity index (χ2v) is 8.01. The number of hydrogen-bond donors (Lipinski definition) is 2. The Morgan fingerprint density at radius 1 is 1.05 bits per heavy atom. The molecule has 4 rings (SSSR count). The van der Waals surface area contributed by atoms with Crippen molar-refractivity contribution in [1.29, 1.82) is 0 Å². The average molecular weight is 500 g/mol. The number of barbiturate groups is 1. The number of rotatable bonds is 7. The fraction of sp³-hybridized carbons (Fsp3) is 0.0769. The number of amides is 5. The number of non-ortho nitro benzene ring substituents is 1. The molecule has 1 aliphatic heterocycles. The van der Waals surface area contributed by atoms with Crippen LogP contribution in [0, 0.1) is 17.0 Å². The quantitative estimate of drug-likeness (QED) is 0.218. The number of nitro groups is 1. The first-order chi connectivity index (χ1) is 17.7. The van der Waals surface area contributed by atoms with E-state index in [0.29, 0.717) is 21.9 Å². The van der Waals surface area contributed by atoms with Gasteiger partial charge in [0.25, 0.3) is 23.4 Å². The van der Waals surface area contributed by atoms with Crippen LogP contribution < -0.4 is 20.3 Å². The zero-order chi connectivity index (χ0) is 26.5. The lowest BCUT2D eigenvalue weighted by Gasteiger charge is -2.26. The number of urea groups is 1. The first-order valence-electron chi connectivity index (χ1n) is 11.0. The molecule has 37 heavy (non-hydrogen) atoms. The van der Waals surface area contributed by atoms with E-state index in [-0.39, 0.29) is 29.5 Å². The van der Waals surface area contributed by atoms with Gasteiger partial charge in [-0.1, -0.05) is 35.9 Å². The first kappa shape index (κ1) is 24.8. The van der Waals surface area contributed by atoms with E-state index in [1.54, 1.807) is 30.3 Å². The van der Waals surface area contributed by atoms with Gasteiger partial charge in [-0.25, -0.2) is 9.69 Å². The second kappa shape index (κ2) is 10.5. The predicted octanol–water partition coefficient (Wildman–Crippen LogP) is 3.59. The fourth-order valence-corrected chi connectivity index (χ4v) is 3.48. The highest BCUT2D eigenvalue weighted by atomic mass is 16.6. The highest BCUT2D eigenvalue weighted by Gasteiger charge is 2.37. The van der Waals surface area contributed by atoms with Crippen LogP contribution in [0.1, 0.15) is 11.1 Å². The highest BCUT2D eigenvalue weighted by Crippen LogP contribution is 2.26. The van der Waals surface area contributed by atoms with E-state index in [1.165, 1.54) is 30.3 Å². The molecular formula is C26H20N4O7. The van der Waals surface area contributed by atoms with E-state index in [0.717, 1.165) is 11.6 Å². The molecule has 0 unspecified atom stereocenters. The highest BCUT2D eigenvalue weighted by molar-refractivity contribution is 6.39. The molecule has 0 bridgehead atoms. The molecular weight excluding hydrogens is 480 g/mol. The van der Waals surface area contributed by atoms with Crippen molar-refractivity contribution in [3.63, 3.8) is 0 Å². The molecule has 1 saturated heterocycles. The number of imide groups is 2. The van der Waals surface area contributed by atoms with Crippen LogP contribution in [-0.4, -0.2) is 35.3 Å². The van der Waals surface area contributed by atoms with Crippen LogP contribution in [0.5, 0.6) is 5.75 Å². The predicted molar refractivity (Wildman–Crippen MR) is 134 cm³/mol. The number of carbonyl (C=O) groups excluding carboxylic acids is 4. The number of hydrogen-bond acceptors (Lipinski definition) is 7. The molecule has 0 aromatic heterocycles. The van der Waals surface area contributed by atoms with Crippen molar-refractivity contribution >= 4 is 46.9 Å². The van der Waals surface area contributed by atoms with E-state index in [4.69, 9.17) is 4.74 Å². The summed E-state index contributed by atoms with van der Waals surface area (Å²) >= 11 is 0. The molecule has 0 saturated carbocycles. The van der Waals surface area contributed by atoms with Crippen molar-refractivity contribution in [3.05, 3.63) is 99.6 Å². The van der Waals surface area contributed by atoms with Gasteiger partial charge in [0.1, 0.15) is 11.3 Å². The Kier molecular flexibility index (Phi) is 7.05. The van der Waals surface area contributed by atoms with Gasteiger partial charge in [0.2, 0.25) is 0 Å². The van der Waals surface area contributed by atoms with Gasteiger partial charge < -0.3 is 10.1 Å². The standard InChI is InChI=1S/C26H20N4O7/c1-16-8-10-18(11-9-16)27-23(31)15-37-21-7-2-4-17(12-21)13-22-24(32)28-26(34)29(25(22)33)19-5-3-6-20(14-19)30(35)36/h2-14H,15H2,1H3,(H,27,31)(H,28,32,34)/b22-13-. The minimum absolute atomic E-state index is 0.0632. The summed E-state index contributed by atoms with van der Waals surface area (Å²) in [7, 11) is 0. The van der Waals surface area contributed by atoms with Gasteiger partial charge in [-0.15, -0.1) is 0 Å². The van der Waals surface area contributed by atoms with E-state index < -0.39 is 22.8 Å². The minimum Gasteiger partial charge on any atom is -0.484 e. The molecule has 3 aromatic carbocycles. The van der Waals surface area contributed by atoms with E-state index in [1.807, 2.05) is 19.1 Å². The van der Waals surface area contributed by atoms with Crippen molar-refractivity contribution in [2.24, 2.45) is 0 Å². The maximum atomic E-state index is 13.0. The number of aryl methyl sites for hydroxylation is 1. The minimum atomic E-state index is -1.02. The third-order valence-electron chi connectivity index (χ3n) is 5.27. The van der Waals surface area contributed by atoms with Crippen LogP contribution in [0.25, 0.3) is 6.08 Å². The van der Waals surface area contributed by atoms with Gasteiger partial charge in [-0.3, -0.25) is 29.8 Å². The zero-order valence-electron chi connectivity index (χ0n) is 19.5. The van der Waals surface area contributed by atoms with E-state index in [2.05, 4.69) is 10.6 Å². The molecule has 0 radical (unpaired) electrons. The molecule has 0 atom stereocenters. The molecule has 1 aliphatic rings. The molecule has 1 heterocycles. The van der Waals surface area contributed by atoms with Gasteiger partial charge in [-0.2, -0.15) is 0 Å². The van der Waals surface area contributed by atoms with Crippen LogP contribution in [0.4, 0.5) is 21.9 Å². The zero-order valence-corrected chi connectivity index (χ0v) is 19.5. The number of ether oxygens (including phenoxy) is 1. The topological polar surface area (TPSA) is 148 Å². The van der Waals surface area contributed by atoms with Crippen molar-refractivity contribution in [3.8, 4) is 5.75 Å². The molecule has 3 aromatic rings. The first-order valence-corrected chi connectivity index (χ1v) is 11.0. The summed E-state index contributed by atoms with van der Waals surface area (Å²) in [5.74, 6) is -1.93. The summed E-state index contributed by atoms with van der Waals surface area (Å²) in [6.45, 7) is 1.66. The molecule has 2 N–H and O–H groups in total. The van der Waals surface area contributed by atoms with Crippen LogP contribution in [-0.2, 0) is 14.4 Å². The van der Waals surface area contributed by atoms with Gasteiger partial charge in [0.15, 0.2) is 6.61 Å². The monoisotopic (exact) mass is 500 g/mol. The van der Waals surface area contributed by atoms with Gasteiger partial charge in [-0.05, 0) is 48.9 Å². The van der Waals surface area contributed by atoms with Gasteiger partial charge in [0.05, 0.1) is 10.6 Å². The summed E-state index contributed by atoms with van der Waals surface area (Å²) in [6.07, 6.45) is 1.26. The summed E-state index contributed by atoms with van der Waals surface area (Å²) < 4.78 is 5.54. The second-order valence-electron chi connectivity index (χ2n) is 8.01. The van der Waals surface area contributed by atoms with Gasteiger partial charge in [0, 0.05) is 17.8 Å². The number of anilines is 2. The Morgan fingerprint density at radius 3 is 2.51 bits per heavy atom. The number of benzene rings is 3. The Balaban J connectivity index is 1.50. The Bertz CT molecular complexity index is 1450. The molecule has 11 heteroatoms. The van der Waals surface area contributed by atoms with Gasteiger partial charge >= 0.3 is 6.03 Å². The number of nitro benzene ring substituents is 1. The smallest absolute Gasteiger partial charge is 0.335 e. The normalized spacial score (nSPS) is 14.4. The molecule has 1 fully saturated rings. The molecule has 11 nitrogen and oxygen atoms in total. The Morgan fingerprint density at radius 2 is 1.78 bits per heavy atom. The third kappa shape index (κ3) is 5.85. The number of carbonyl (C=O) groups is 4. The van der Waals surface area contributed by atoms with E-state index in [9.17, 15) is 29.3 Å². The van der Waals surface area contributed by atoms with E-state index >= 15 is 0 Å². The SMILES string of the molecule is Cc1ccc(NC(=O)COc2cccc(/C=C3/C(=O)NC(=O)N(c4cccc([N+](=O)[O-])c4)C3=O)c2)cc1. The average Bonchev–Trinajstić information content (AvgIpc) is 2.87. The van der Waals surface area contributed by atoms with Crippen molar-refractivity contribution in [1.82, 2.24) is 5.32 Å². The Hall–Kier alpha value is -5.32. The summed E-state index contributed by atoms with van der Waals surface area (Å²) in [5.41, 5.74) is 1.33.